The van der Waals surface area contributed by atoms with Gasteiger partial charge in [0.05, 0.1) is 21.3 Å². The maximum atomic E-state index is 14.0. The van der Waals surface area contributed by atoms with Crippen LogP contribution in [0, 0.1) is 12.7 Å². The standard InChI is InChI=1S/C16H16FN3S/c1-10-6-7-12(17)11(8-10)14(20-18)9-16-19-13-4-2-3-5-15(13)21-16/h2-8,14,20H,9,18H2,1H3. The summed E-state index contributed by atoms with van der Waals surface area (Å²) in [5.74, 6) is 5.38. The molecule has 3 nitrogen and oxygen atoms in total. The summed E-state index contributed by atoms with van der Waals surface area (Å²) in [6.45, 7) is 1.94. The number of fused-ring (bicyclic) bond motifs is 1. The highest BCUT2D eigenvalue weighted by atomic mass is 32.1. The van der Waals surface area contributed by atoms with Gasteiger partial charge in [0.25, 0.3) is 0 Å². The van der Waals surface area contributed by atoms with Crippen molar-refractivity contribution in [3.8, 4) is 0 Å². The van der Waals surface area contributed by atoms with Crippen molar-refractivity contribution in [2.45, 2.75) is 19.4 Å². The van der Waals surface area contributed by atoms with Crippen molar-refractivity contribution in [3.63, 3.8) is 0 Å². The van der Waals surface area contributed by atoms with E-state index in [-0.39, 0.29) is 11.9 Å². The van der Waals surface area contributed by atoms with Crippen molar-refractivity contribution in [2.24, 2.45) is 5.84 Å². The number of nitrogens with two attached hydrogens (primary N) is 1. The number of nitrogens with one attached hydrogen (secondary N) is 1. The van der Waals surface area contributed by atoms with Gasteiger partial charge in [0.15, 0.2) is 0 Å². The van der Waals surface area contributed by atoms with Crippen LogP contribution in [-0.2, 0) is 6.42 Å². The van der Waals surface area contributed by atoms with Crippen molar-refractivity contribution in [3.05, 3.63) is 64.4 Å². The predicted octanol–water partition coefficient (Wildman–Crippen LogP) is 3.49. The van der Waals surface area contributed by atoms with Gasteiger partial charge in [-0.15, -0.1) is 11.3 Å². The summed E-state index contributed by atoms with van der Waals surface area (Å²) >= 11 is 1.62. The molecule has 0 spiro atoms. The average molecular weight is 301 g/mol. The van der Waals surface area contributed by atoms with Crippen LogP contribution in [0.4, 0.5) is 4.39 Å². The van der Waals surface area contributed by atoms with E-state index in [9.17, 15) is 4.39 Å². The Morgan fingerprint density at radius 1 is 1.29 bits per heavy atom. The number of hydrogen-bond acceptors (Lipinski definition) is 4. The summed E-state index contributed by atoms with van der Waals surface area (Å²) in [6.07, 6.45) is 0.566. The Bertz CT molecular complexity index is 736. The molecule has 0 saturated heterocycles. The lowest BCUT2D eigenvalue weighted by atomic mass is 10.0. The second kappa shape index (κ2) is 5.89. The fourth-order valence-corrected chi connectivity index (χ4v) is 3.38. The van der Waals surface area contributed by atoms with Crippen molar-refractivity contribution in [1.29, 1.82) is 0 Å². The van der Waals surface area contributed by atoms with E-state index in [4.69, 9.17) is 5.84 Å². The van der Waals surface area contributed by atoms with Crippen LogP contribution in [0.25, 0.3) is 10.2 Å². The topological polar surface area (TPSA) is 50.9 Å². The van der Waals surface area contributed by atoms with E-state index in [2.05, 4.69) is 10.4 Å². The Morgan fingerprint density at radius 3 is 2.86 bits per heavy atom. The van der Waals surface area contributed by atoms with Crippen molar-refractivity contribution in [2.75, 3.05) is 0 Å². The number of aryl methyl sites for hydroxylation is 1. The van der Waals surface area contributed by atoms with Gasteiger partial charge in [-0.25, -0.2) is 9.37 Å². The molecule has 0 aliphatic carbocycles. The van der Waals surface area contributed by atoms with Crippen LogP contribution in [0.2, 0.25) is 0 Å². The minimum Gasteiger partial charge on any atom is -0.271 e. The van der Waals surface area contributed by atoms with Gasteiger partial charge in [-0.05, 0) is 25.1 Å². The maximum Gasteiger partial charge on any atom is 0.128 e. The normalized spacial score (nSPS) is 12.7. The number of benzene rings is 2. The fraction of sp³-hybridized carbons (Fsp3) is 0.188. The van der Waals surface area contributed by atoms with Gasteiger partial charge >= 0.3 is 0 Å². The molecule has 3 aromatic rings. The van der Waals surface area contributed by atoms with Crippen LogP contribution in [0.5, 0.6) is 0 Å². The molecule has 0 saturated carbocycles. The quantitative estimate of drug-likeness (QED) is 0.573. The molecule has 0 radical (unpaired) electrons. The molecule has 3 rings (SSSR count). The van der Waals surface area contributed by atoms with E-state index in [0.717, 1.165) is 20.8 Å². The van der Waals surface area contributed by atoms with Gasteiger partial charge in [0.2, 0.25) is 0 Å². The monoisotopic (exact) mass is 301 g/mol. The minimum atomic E-state index is -0.287. The molecule has 108 valence electrons. The number of para-hydroxylation sites is 1. The molecule has 1 atom stereocenters. The first-order valence-electron chi connectivity index (χ1n) is 6.74. The lowest BCUT2D eigenvalue weighted by Gasteiger charge is -2.16. The van der Waals surface area contributed by atoms with E-state index >= 15 is 0 Å². The van der Waals surface area contributed by atoms with E-state index < -0.39 is 0 Å². The van der Waals surface area contributed by atoms with Crippen LogP contribution >= 0.6 is 11.3 Å². The molecule has 2 aromatic carbocycles. The van der Waals surface area contributed by atoms with Gasteiger partial charge in [-0.2, -0.15) is 0 Å². The van der Waals surface area contributed by atoms with E-state index in [1.807, 2.05) is 37.3 Å². The average Bonchev–Trinajstić information content (AvgIpc) is 2.90. The molecule has 0 fully saturated rings. The highest BCUT2D eigenvalue weighted by Crippen LogP contribution is 2.27. The van der Waals surface area contributed by atoms with Crippen LogP contribution in [0.1, 0.15) is 22.2 Å². The Balaban J connectivity index is 1.91. The molecule has 0 bridgehead atoms. The summed E-state index contributed by atoms with van der Waals surface area (Å²) in [4.78, 5) is 4.58. The minimum absolute atomic E-state index is 0.246. The summed E-state index contributed by atoms with van der Waals surface area (Å²) in [5, 5.41) is 0.944. The molecule has 1 unspecified atom stereocenters. The molecule has 3 N–H and O–H groups in total. The van der Waals surface area contributed by atoms with Gasteiger partial charge in [0.1, 0.15) is 5.82 Å². The second-order valence-corrected chi connectivity index (χ2v) is 6.14. The number of nitrogens with zero attached hydrogens (tertiary/aromatic N) is 1. The number of hydrazine groups is 1. The first-order valence-corrected chi connectivity index (χ1v) is 7.55. The van der Waals surface area contributed by atoms with Gasteiger partial charge in [0, 0.05) is 12.0 Å². The zero-order valence-electron chi connectivity index (χ0n) is 11.6. The van der Waals surface area contributed by atoms with Gasteiger partial charge < -0.3 is 0 Å². The lowest BCUT2D eigenvalue weighted by molar-refractivity contribution is 0.509. The Morgan fingerprint density at radius 2 is 2.10 bits per heavy atom. The van der Waals surface area contributed by atoms with Crippen LogP contribution in [0.3, 0.4) is 0 Å². The third-order valence-electron chi connectivity index (χ3n) is 3.45. The number of hydrogen-bond donors (Lipinski definition) is 2. The molecule has 5 heteroatoms. The van der Waals surface area contributed by atoms with Crippen LogP contribution in [0.15, 0.2) is 42.5 Å². The lowest BCUT2D eigenvalue weighted by Crippen LogP contribution is -2.30. The molecule has 21 heavy (non-hydrogen) atoms. The Labute approximate surface area is 126 Å². The molecule has 0 aliphatic rings. The van der Waals surface area contributed by atoms with Gasteiger partial charge in [-0.3, -0.25) is 11.3 Å². The number of thiazole rings is 1. The van der Waals surface area contributed by atoms with Crippen molar-refractivity contribution < 1.29 is 4.39 Å². The maximum absolute atomic E-state index is 14.0. The van der Waals surface area contributed by atoms with Crippen molar-refractivity contribution >= 4 is 21.6 Å². The smallest absolute Gasteiger partial charge is 0.128 e. The summed E-state index contributed by atoms with van der Waals surface area (Å²) in [5.41, 5.74) is 5.27. The Kier molecular flexibility index (Phi) is 3.96. The summed E-state index contributed by atoms with van der Waals surface area (Å²) in [6, 6.07) is 12.7. The third-order valence-corrected chi connectivity index (χ3v) is 4.50. The first-order chi connectivity index (χ1) is 10.2. The first kappa shape index (κ1) is 14.1. The third kappa shape index (κ3) is 2.95. The number of aromatic nitrogens is 1. The Hall–Kier alpha value is -1.82. The second-order valence-electron chi connectivity index (χ2n) is 5.02. The van der Waals surface area contributed by atoms with E-state index in [0.29, 0.717) is 12.0 Å². The highest BCUT2D eigenvalue weighted by molar-refractivity contribution is 7.18. The SMILES string of the molecule is Cc1ccc(F)c(C(Cc2nc3ccccc3s2)NN)c1. The predicted molar refractivity (Wildman–Crippen MR) is 84.5 cm³/mol. The largest absolute Gasteiger partial charge is 0.271 e. The van der Waals surface area contributed by atoms with Crippen LogP contribution < -0.4 is 11.3 Å². The number of rotatable bonds is 4. The molecule has 0 aliphatic heterocycles. The summed E-state index contributed by atoms with van der Waals surface area (Å²) in [7, 11) is 0. The number of halogens is 1. The molecular weight excluding hydrogens is 285 g/mol. The van der Waals surface area contributed by atoms with E-state index in [1.54, 1.807) is 17.4 Å². The zero-order valence-corrected chi connectivity index (χ0v) is 12.5. The summed E-state index contributed by atoms with van der Waals surface area (Å²) < 4.78 is 15.1. The van der Waals surface area contributed by atoms with E-state index in [1.165, 1.54) is 6.07 Å². The van der Waals surface area contributed by atoms with Crippen LogP contribution in [-0.4, -0.2) is 4.98 Å². The zero-order chi connectivity index (χ0) is 14.8. The molecular formula is C16H16FN3S. The highest BCUT2D eigenvalue weighted by Gasteiger charge is 2.17. The molecule has 0 amide bonds. The fourth-order valence-electron chi connectivity index (χ4n) is 2.37. The van der Waals surface area contributed by atoms with Crippen molar-refractivity contribution in [1.82, 2.24) is 10.4 Å². The molecule has 1 heterocycles. The molecule has 1 aromatic heterocycles. The van der Waals surface area contributed by atoms with Gasteiger partial charge in [-0.1, -0.05) is 29.8 Å².